The van der Waals surface area contributed by atoms with Gasteiger partial charge in [-0.2, -0.15) is 18.2 Å². The monoisotopic (exact) mass is 568 g/mol. The second kappa shape index (κ2) is 10.8. The number of carbonyl (C=O) groups is 1. The lowest BCUT2D eigenvalue weighted by Crippen LogP contribution is -2.14. The van der Waals surface area contributed by atoms with Gasteiger partial charge in [-0.1, -0.05) is 35.9 Å². The topological polar surface area (TPSA) is 83.4 Å². The fraction of sp³-hybridized carbons (Fsp3) is 0.207. The van der Waals surface area contributed by atoms with Crippen LogP contribution in [0.15, 0.2) is 48.7 Å². The highest BCUT2D eigenvalue weighted by atomic mass is 35.5. The first kappa shape index (κ1) is 27.4. The van der Waals surface area contributed by atoms with Crippen LogP contribution >= 0.6 is 11.6 Å². The van der Waals surface area contributed by atoms with E-state index in [2.05, 4.69) is 21.9 Å². The largest absolute Gasteiger partial charge is 0.481 e. The molecular formula is C29H22ClF3N3O4. The highest BCUT2D eigenvalue weighted by Crippen LogP contribution is 2.45. The van der Waals surface area contributed by atoms with Gasteiger partial charge in [0.25, 0.3) is 0 Å². The van der Waals surface area contributed by atoms with Crippen molar-refractivity contribution in [2.24, 2.45) is 0 Å². The molecule has 11 heteroatoms. The molecule has 3 heterocycles. The number of hydrogen-bond donors (Lipinski definition) is 0. The zero-order valence-corrected chi connectivity index (χ0v) is 22.1. The van der Waals surface area contributed by atoms with Gasteiger partial charge in [0.15, 0.2) is 6.29 Å². The van der Waals surface area contributed by atoms with E-state index in [1.54, 1.807) is 36.5 Å². The summed E-state index contributed by atoms with van der Waals surface area (Å²) in [5.41, 5.74) is 3.13. The lowest BCUT2D eigenvalue weighted by atomic mass is 9.98. The van der Waals surface area contributed by atoms with E-state index in [9.17, 15) is 18.0 Å². The van der Waals surface area contributed by atoms with Gasteiger partial charge in [0.2, 0.25) is 17.6 Å². The van der Waals surface area contributed by atoms with Crippen LogP contribution in [0.4, 0.5) is 13.2 Å². The predicted octanol–water partition coefficient (Wildman–Crippen LogP) is 6.96. The minimum absolute atomic E-state index is 0.255. The van der Waals surface area contributed by atoms with E-state index in [0.717, 1.165) is 11.1 Å². The van der Waals surface area contributed by atoms with Gasteiger partial charge >= 0.3 is 6.18 Å². The molecule has 4 aromatic rings. The number of carbonyl (C=O) groups excluding carboxylic acids is 1. The summed E-state index contributed by atoms with van der Waals surface area (Å²) >= 11 is 6.85. The van der Waals surface area contributed by atoms with Gasteiger partial charge < -0.3 is 14.2 Å². The average Bonchev–Trinajstić information content (AvgIpc) is 3.35. The fourth-order valence-electron chi connectivity index (χ4n) is 4.76. The number of ether oxygens (including phenoxy) is 3. The molecule has 0 saturated heterocycles. The van der Waals surface area contributed by atoms with Crippen LogP contribution in [0.3, 0.4) is 0 Å². The third-order valence-electron chi connectivity index (χ3n) is 6.63. The van der Waals surface area contributed by atoms with E-state index in [1.807, 2.05) is 6.07 Å². The Bertz CT molecular complexity index is 1610. The Labute approximate surface area is 232 Å². The number of pyridine rings is 3. The third kappa shape index (κ3) is 4.95. The normalized spacial score (nSPS) is 14.5. The Morgan fingerprint density at radius 3 is 2.50 bits per heavy atom. The Hall–Kier alpha value is -4.18. The maximum Gasteiger partial charge on any atom is 0.421 e. The third-order valence-corrected chi connectivity index (χ3v) is 7.01. The van der Waals surface area contributed by atoms with Gasteiger partial charge in [-0.05, 0) is 49.1 Å². The van der Waals surface area contributed by atoms with E-state index in [0.29, 0.717) is 57.9 Å². The molecule has 1 aliphatic carbocycles. The summed E-state index contributed by atoms with van der Waals surface area (Å²) in [6, 6.07) is 11.4. The maximum absolute atomic E-state index is 13.8. The number of methoxy groups -OCH3 is 2. The van der Waals surface area contributed by atoms with Crippen molar-refractivity contribution in [3.8, 4) is 40.2 Å². The van der Waals surface area contributed by atoms with Crippen LogP contribution in [0.2, 0.25) is 5.02 Å². The van der Waals surface area contributed by atoms with Crippen molar-refractivity contribution in [1.29, 1.82) is 0 Å². The van der Waals surface area contributed by atoms with Crippen LogP contribution in [0.1, 0.15) is 45.1 Å². The molecule has 40 heavy (non-hydrogen) atoms. The summed E-state index contributed by atoms with van der Waals surface area (Å²) in [6.07, 6.45) is -2.75. The van der Waals surface area contributed by atoms with Gasteiger partial charge in [0.05, 0.1) is 36.2 Å². The number of fused-ring (bicyclic) bond motifs is 1. The number of aromatic nitrogens is 3. The number of halogens is 4. The van der Waals surface area contributed by atoms with Crippen LogP contribution < -0.4 is 14.2 Å². The van der Waals surface area contributed by atoms with Crippen molar-refractivity contribution in [2.75, 3.05) is 14.2 Å². The Kier molecular flexibility index (Phi) is 7.37. The van der Waals surface area contributed by atoms with E-state index in [-0.39, 0.29) is 17.7 Å². The minimum atomic E-state index is -4.80. The van der Waals surface area contributed by atoms with Crippen LogP contribution in [-0.4, -0.2) is 35.5 Å². The molecule has 0 amide bonds. The molecule has 0 saturated carbocycles. The standard InChI is InChI=1S/C29H22ClF3N3O4/c1-15-7-9-22(35-26(15)38-2)20-11-12-34-25(24(20)30)19-6-4-5-18-17(19)8-10-23(18)40-28-21(29(31,32)33)13-16(14-37)27(36-28)39-3/h4-7,9,11-14,23H,1,8,10H2,2-3H3/t23-/m0/s1. The summed E-state index contributed by atoms with van der Waals surface area (Å²) in [5.74, 6) is -0.544. The quantitative estimate of drug-likeness (QED) is 0.223. The van der Waals surface area contributed by atoms with Gasteiger partial charge in [0, 0.05) is 22.9 Å². The zero-order chi connectivity index (χ0) is 28.6. The summed E-state index contributed by atoms with van der Waals surface area (Å²) in [4.78, 5) is 24.2. The number of nitrogens with zero attached hydrogens (tertiary/aromatic N) is 3. The first-order chi connectivity index (χ1) is 19.2. The number of rotatable bonds is 7. The molecule has 1 radical (unpaired) electrons. The lowest BCUT2D eigenvalue weighted by Gasteiger charge is -2.19. The molecule has 0 N–H and O–H groups in total. The molecule has 7 nitrogen and oxygen atoms in total. The average molecular weight is 569 g/mol. The fourth-order valence-corrected chi connectivity index (χ4v) is 5.07. The molecule has 5 rings (SSSR count). The molecule has 205 valence electrons. The van der Waals surface area contributed by atoms with E-state index < -0.39 is 23.7 Å². The zero-order valence-electron chi connectivity index (χ0n) is 21.4. The lowest BCUT2D eigenvalue weighted by molar-refractivity contribution is -0.139. The second-order valence-electron chi connectivity index (χ2n) is 8.96. The SMILES string of the molecule is [CH2]c1ccc(-c2ccnc(-c3cccc4c3CC[C@@H]4Oc3nc(OC)c(C=O)cc3C(F)(F)F)c2Cl)nc1OC. The second-order valence-corrected chi connectivity index (χ2v) is 9.34. The van der Waals surface area contributed by atoms with Crippen LogP contribution in [-0.2, 0) is 12.6 Å². The van der Waals surface area contributed by atoms with Crippen molar-refractivity contribution in [1.82, 2.24) is 15.0 Å². The van der Waals surface area contributed by atoms with Crippen molar-refractivity contribution in [3.63, 3.8) is 0 Å². The van der Waals surface area contributed by atoms with Gasteiger partial charge in [-0.25, -0.2) is 4.98 Å². The molecule has 0 aliphatic heterocycles. The smallest absolute Gasteiger partial charge is 0.421 e. The van der Waals surface area contributed by atoms with E-state index >= 15 is 0 Å². The van der Waals surface area contributed by atoms with Crippen molar-refractivity contribution >= 4 is 17.9 Å². The maximum atomic E-state index is 13.8. The molecule has 3 aromatic heterocycles. The highest BCUT2D eigenvalue weighted by Gasteiger charge is 2.38. The van der Waals surface area contributed by atoms with Crippen LogP contribution in [0.25, 0.3) is 22.5 Å². The Morgan fingerprint density at radius 2 is 1.80 bits per heavy atom. The molecule has 0 fully saturated rings. The summed E-state index contributed by atoms with van der Waals surface area (Å²) in [7, 11) is 2.72. The first-order valence-electron chi connectivity index (χ1n) is 12.1. The van der Waals surface area contributed by atoms with Gasteiger partial charge in [0.1, 0.15) is 11.7 Å². The van der Waals surface area contributed by atoms with Crippen molar-refractivity contribution in [3.05, 3.63) is 88.4 Å². The first-order valence-corrected chi connectivity index (χ1v) is 12.5. The van der Waals surface area contributed by atoms with Crippen molar-refractivity contribution < 1.29 is 32.2 Å². The molecule has 0 unspecified atom stereocenters. The molecule has 0 spiro atoms. The van der Waals surface area contributed by atoms with Gasteiger partial charge in [-0.3, -0.25) is 9.78 Å². The summed E-state index contributed by atoms with van der Waals surface area (Å²) in [5, 5.41) is 0.363. The number of benzene rings is 1. The van der Waals surface area contributed by atoms with Gasteiger partial charge in [-0.15, -0.1) is 0 Å². The highest BCUT2D eigenvalue weighted by molar-refractivity contribution is 6.35. The molecule has 1 aliphatic rings. The summed E-state index contributed by atoms with van der Waals surface area (Å²) in [6.45, 7) is 3.89. The number of alkyl halides is 3. The molecule has 1 aromatic carbocycles. The molecule has 0 bridgehead atoms. The predicted molar refractivity (Wildman–Crippen MR) is 142 cm³/mol. The molecule has 1 atom stereocenters. The number of hydrogen-bond acceptors (Lipinski definition) is 7. The van der Waals surface area contributed by atoms with Crippen LogP contribution in [0, 0.1) is 6.92 Å². The van der Waals surface area contributed by atoms with Crippen LogP contribution in [0.5, 0.6) is 17.6 Å². The molecular weight excluding hydrogens is 547 g/mol. The minimum Gasteiger partial charge on any atom is -0.481 e. The number of aldehydes is 1. The van der Waals surface area contributed by atoms with Crippen molar-refractivity contribution in [2.45, 2.75) is 25.1 Å². The summed E-state index contributed by atoms with van der Waals surface area (Å²) < 4.78 is 57.6. The van der Waals surface area contributed by atoms with E-state index in [4.69, 9.17) is 25.8 Å². The Morgan fingerprint density at radius 1 is 1.02 bits per heavy atom. The van der Waals surface area contributed by atoms with E-state index in [1.165, 1.54) is 14.2 Å². The Balaban J connectivity index is 1.54.